The molecule has 1 aromatic carbocycles. The van der Waals surface area contributed by atoms with Crippen molar-refractivity contribution in [1.82, 2.24) is 9.78 Å². The highest BCUT2D eigenvalue weighted by Gasteiger charge is 2.10. The van der Waals surface area contributed by atoms with E-state index in [2.05, 4.69) is 5.10 Å². The topological polar surface area (TPSA) is 60.9 Å². The lowest BCUT2D eigenvalue weighted by atomic mass is 10.1. The van der Waals surface area contributed by atoms with Crippen molar-refractivity contribution in [1.29, 1.82) is 0 Å². The molecule has 0 bridgehead atoms. The van der Waals surface area contributed by atoms with Crippen LogP contribution in [0.25, 0.3) is 10.9 Å². The molecular formula is C10H11N3O. The van der Waals surface area contributed by atoms with Crippen LogP contribution in [0.4, 0.5) is 5.69 Å². The average molecular weight is 189 g/mol. The van der Waals surface area contributed by atoms with Gasteiger partial charge in [-0.25, -0.2) is 0 Å². The van der Waals surface area contributed by atoms with Crippen LogP contribution < -0.4 is 5.73 Å². The number of hydrogen-bond acceptors (Lipinski definition) is 3. The van der Waals surface area contributed by atoms with Crippen LogP contribution in [-0.4, -0.2) is 15.6 Å². The highest BCUT2D eigenvalue weighted by molar-refractivity contribution is 6.06. The molecule has 2 aromatic rings. The number of nitrogen functional groups attached to an aromatic ring is 1. The third kappa shape index (κ3) is 1.08. The Morgan fingerprint density at radius 1 is 1.50 bits per heavy atom. The van der Waals surface area contributed by atoms with Gasteiger partial charge in [0.05, 0.1) is 17.4 Å². The van der Waals surface area contributed by atoms with Crippen LogP contribution in [0.1, 0.15) is 17.3 Å². The number of carbonyl (C=O) groups excluding carboxylic acids is 1. The molecule has 2 N–H and O–H groups in total. The number of aryl methyl sites for hydroxylation is 1. The van der Waals surface area contributed by atoms with Crippen molar-refractivity contribution in [2.75, 3.05) is 5.73 Å². The van der Waals surface area contributed by atoms with E-state index in [0.717, 1.165) is 10.9 Å². The maximum atomic E-state index is 11.2. The van der Waals surface area contributed by atoms with E-state index in [9.17, 15) is 4.79 Å². The Balaban J connectivity index is 2.86. The van der Waals surface area contributed by atoms with Gasteiger partial charge in [-0.05, 0) is 13.0 Å². The number of carbonyl (C=O) groups is 1. The lowest BCUT2D eigenvalue weighted by molar-refractivity contribution is 0.101. The molecule has 1 heterocycles. The van der Waals surface area contributed by atoms with E-state index in [1.54, 1.807) is 16.9 Å². The predicted molar refractivity (Wildman–Crippen MR) is 55.1 cm³/mol. The molecule has 0 saturated carbocycles. The zero-order valence-electron chi connectivity index (χ0n) is 8.11. The third-order valence-electron chi connectivity index (χ3n) is 2.32. The fourth-order valence-electron chi connectivity index (χ4n) is 1.60. The smallest absolute Gasteiger partial charge is 0.161 e. The monoisotopic (exact) mass is 189 g/mol. The van der Waals surface area contributed by atoms with Gasteiger partial charge >= 0.3 is 0 Å². The Bertz CT molecular complexity index is 513. The molecule has 72 valence electrons. The van der Waals surface area contributed by atoms with Gasteiger partial charge < -0.3 is 5.73 Å². The Morgan fingerprint density at radius 3 is 2.86 bits per heavy atom. The minimum Gasteiger partial charge on any atom is -0.396 e. The molecule has 0 aliphatic carbocycles. The van der Waals surface area contributed by atoms with Crippen molar-refractivity contribution in [3.63, 3.8) is 0 Å². The minimum atomic E-state index is -0.0226. The molecule has 4 heteroatoms. The van der Waals surface area contributed by atoms with Gasteiger partial charge in [0, 0.05) is 18.0 Å². The zero-order chi connectivity index (χ0) is 10.3. The lowest BCUT2D eigenvalue weighted by Gasteiger charge is -2.04. The number of nitrogens with two attached hydrogens (primary N) is 1. The van der Waals surface area contributed by atoms with Crippen molar-refractivity contribution in [2.45, 2.75) is 6.92 Å². The molecule has 14 heavy (non-hydrogen) atoms. The molecule has 0 atom stereocenters. The summed E-state index contributed by atoms with van der Waals surface area (Å²) in [6.07, 6.45) is 1.73. The highest BCUT2D eigenvalue weighted by Crippen LogP contribution is 2.24. The molecule has 0 fully saturated rings. The van der Waals surface area contributed by atoms with Crippen molar-refractivity contribution in [3.8, 4) is 0 Å². The van der Waals surface area contributed by atoms with Gasteiger partial charge in [0.1, 0.15) is 0 Å². The number of anilines is 1. The number of hydrogen-bond donors (Lipinski definition) is 1. The van der Waals surface area contributed by atoms with Gasteiger partial charge in [-0.3, -0.25) is 9.48 Å². The Hall–Kier alpha value is -1.84. The second kappa shape index (κ2) is 2.83. The lowest BCUT2D eigenvalue weighted by Crippen LogP contribution is -2.02. The first kappa shape index (κ1) is 8.74. The highest BCUT2D eigenvalue weighted by atomic mass is 16.1. The van der Waals surface area contributed by atoms with E-state index >= 15 is 0 Å². The average Bonchev–Trinajstić information content (AvgIpc) is 2.48. The Labute approximate surface area is 81.3 Å². The predicted octanol–water partition coefficient (Wildman–Crippen LogP) is 1.36. The molecule has 1 aromatic heterocycles. The number of benzene rings is 1. The number of nitrogens with zero attached hydrogens (tertiary/aromatic N) is 2. The molecule has 0 spiro atoms. The quantitative estimate of drug-likeness (QED) is 0.544. The van der Waals surface area contributed by atoms with Gasteiger partial charge in [0.25, 0.3) is 0 Å². The first-order valence-corrected chi connectivity index (χ1v) is 4.32. The zero-order valence-corrected chi connectivity index (χ0v) is 8.11. The first-order valence-electron chi connectivity index (χ1n) is 4.32. The van der Waals surface area contributed by atoms with Crippen LogP contribution in [0.15, 0.2) is 18.3 Å². The largest absolute Gasteiger partial charge is 0.396 e. The molecule has 0 saturated heterocycles. The molecule has 0 amide bonds. The van der Waals surface area contributed by atoms with Crippen LogP contribution >= 0.6 is 0 Å². The molecule has 2 rings (SSSR count). The summed E-state index contributed by atoms with van der Waals surface area (Å²) in [5, 5.41) is 5.04. The van der Waals surface area contributed by atoms with Gasteiger partial charge in [-0.1, -0.05) is 6.07 Å². The van der Waals surface area contributed by atoms with E-state index < -0.39 is 0 Å². The maximum Gasteiger partial charge on any atom is 0.161 e. The van der Waals surface area contributed by atoms with Gasteiger partial charge in [-0.2, -0.15) is 5.10 Å². The minimum absolute atomic E-state index is 0.0226. The van der Waals surface area contributed by atoms with E-state index in [1.165, 1.54) is 6.92 Å². The summed E-state index contributed by atoms with van der Waals surface area (Å²) in [5.74, 6) is -0.0226. The molecule has 0 radical (unpaired) electrons. The molecule has 0 aliphatic rings. The summed E-state index contributed by atoms with van der Waals surface area (Å²) in [7, 11) is 1.81. The SMILES string of the molecule is CC(=O)c1ccc2cnn(C)c2c1N. The summed E-state index contributed by atoms with van der Waals surface area (Å²) >= 11 is 0. The van der Waals surface area contributed by atoms with E-state index in [4.69, 9.17) is 5.73 Å². The normalized spacial score (nSPS) is 10.7. The summed E-state index contributed by atoms with van der Waals surface area (Å²) in [4.78, 5) is 11.2. The van der Waals surface area contributed by atoms with Gasteiger partial charge in [0.15, 0.2) is 5.78 Å². The summed E-state index contributed by atoms with van der Waals surface area (Å²) in [5.41, 5.74) is 7.77. The van der Waals surface area contributed by atoms with Crippen LogP contribution in [0, 0.1) is 0 Å². The van der Waals surface area contributed by atoms with Crippen LogP contribution in [0.3, 0.4) is 0 Å². The van der Waals surface area contributed by atoms with E-state index in [-0.39, 0.29) is 5.78 Å². The maximum absolute atomic E-state index is 11.2. The van der Waals surface area contributed by atoms with E-state index in [1.807, 2.05) is 13.1 Å². The van der Waals surface area contributed by atoms with Crippen LogP contribution in [-0.2, 0) is 7.05 Å². The number of fused-ring (bicyclic) bond motifs is 1. The number of aromatic nitrogens is 2. The summed E-state index contributed by atoms with van der Waals surface area (Å²) < 4.78 is 1.68. The second-order valence-corrected chi connectivity index (χ2v) is 3.29. The van der Waals surface area contributed by atoms with Crippen molar-refractivity contribution in [2.24, 2.45) is 7.05 Å². The van der Waals surface area contributed by atoms with Crippen molar-refractivity contribution >= 4 is 22.4 Å². The van der Waals surface area contributed by atoms with Crippen LogP contribution in [0.5, 0.6) is 0 Å². The number of ketones is 1. The standard InChI is InChI=1S/C10H11N3O/c1-6(14)8-4-3-7-5-12-13(2)10(7)9(8)11/h3-5H,11H2,1-2H3. The Kier molecular flexibility index (Phi) is 1.77. The van der Waals surface area contributed by atoms with Gasteiger partial charge in [-0.15, -0.1) is 0 Å². The Morgan fingerprint density at radius 2 is 2.21 bits per heavy atom. The summed E-state index contributed by atoms with van der Waals surface area (Å²) in [6.45, 7) is 1.51. The molecule has 4 nitrogen and oxygen atoms in total. The van der Waals surface area contributed by atoms with Gasteiger partial charge in [0.2, 0.25) is 0 Å². The van der Waals surface area contributed by atoms with Crippen LogP contribution in [0.2, 0.25) is 0 Å². The third-order valence-corrected chi connectivity index (χ3v) is 2.32. The molecule has 0 aliphatic heterocycles. The fraction of sp³-hybridized carbons (Fsp3) is 0.200. The fourth-order valence-corrected chi connectivity index (χ4v) is 1.60. The number of rotatable bonds is 1. The van der Waals surface area contributed by atoms with E-state index in [0.29, 0.717) is 11.3 Å². The molecule has 0 unspecified atom stereocenters. The summed E-state index contributed by atoms with van der Waals surface area (Å²) in [6, 6.07) is 3.59. The molecular weight excluding hydrogens is 178 g/mol. The number of Topliss-reactive ketones (excluding diaryl/α,β-unsaturated/α-hetero) is 1. The second-order valence-electron chi connectivity index (χ2n) is 3.29. The first-order chi connectivity index (χ1) is 6.61. The van der Waals surface area contributed by atoms with Crippen molar-refractivity contribution in [3.05, 3.63) is 23.9 Å². The van der Waals surface area contributed by atoms with Crippen molar-refractivity contribution < 1.29 is 4.79 Å².